The van der Waals surface area contributed by atoms with E-state index in [1.807, 2.05) is 6.92 Å². The molecule has 0 aromatic heterocycles. The summed E-state index contributed by atoms with van der Waals surface area (Å²) < 4.78 is 0. The van der Waals surface area contributed by atoms with Crippen molar-refractivity contribution in [2.75, 3.05) is 13.1 Å². The fourth-order valence-corrected chi connectivity index (χ4v) is 2.09. The molecule has 1 atom stereocenters. The summed E-state index contributed by atoms with van der Waals surface area (Å²) in [5.74, 6) is 0.900. The van der Waals surface area contributed by atoms with Crippen LogP contribution in [0, 0.1) is 5.92 Å². The van der Waals surface area contributed by atoms with Gasteiger partial charge in [0.2, 0.25) is 0 Å². The van der Waals surface area contributed by atoms with E-state index in [0.29, 0.717) is 11.7 Å². The second-order valence-electron chi connectivity index (χ2n) is 3.39. The second kappa shape index (κ2) is 3.11. The zero-order valence-corrected chi connectivity index (χ0v) is 7.56. The second-order valence-corrected chi connectivity index (χ2v) is 3.39. The molecule has 3 heterocycles. The van der Waals surface area contributed by atoms with Crippen molar-refractivity contribution in [2.45, 2.75) is 25.8 Å². The Kier molecular flexibility index (Phi) is 2.55. The molecular formula is C8H14ClNO. The van der Waals surface area contributed by atoms with Crippen LogP contribution in [0.2, 0.25) is 0 Å². The Bertz CT molecular complexity index is 159. The van der Waals surface area contributed by atoms with Gasteiger partial charge in [-0.1, -0.05) is 0 Å². The number of hydrogen-bond acceptors (Lipinski definition) is 2. The summed E-state index contributed by atoms with van der Waals surface area (Å²) in [4.78, 5) is 13.6. The molecule has 3 saturated heterocycles. The Morgan fingerprint density at radius 3 is 2.18 bits per heavy atom. The number of halogens is 1. The molecule has 0 spiro atoms. The summed E-state index contributed by atoms with van der Waals surface area (Å²) in [7, 11) is 0. The van der Waals surface area contributed by atoms with Crippen LogP contribution in [-0.4, -0.2) is 29.8 Å². The lowest BCUT2D eigenvalue weighted by Crippen LogP contribution is -2.53. The van der Waals surface area contributed by atoms with Gasteiger partial charge in [0.1, 0.15) is 0 Å². The van der Waals surface area contributed by atoms with Crippen LogP contribution in [-0.2, 0) is 4.79 Å². The number of fused-ring (bicyclic) bond motifs is 3. The van der Waals surface area contributed by atoms with E-state index in [4.69, 9.17) is 0 Å². The Balaban J connectivity index is 0.000000605. The number of piperidine rings is 3. The summed E-state index contributed by atoms with van der Waals surface area (Å²) in [6.07, 6.45) is 2.23. The van der Waals surface area contributed by atoms with E-state index in [2.05, 4.69) is 4.90 Å². The summed E-state index contributed by atoms with van der Waals surface area (Å²) in [6, 6.07) is 0.229. The highest BCUT2D eigenvalue weighted by atomic mass is 35.5. The molecule has 2 bridgehead atoms. The lowest BCUT2D eigenvalue weighted by atomic mass is 9.83. The largest absolute Gasteiger partial charge is 0.298 e. The van der Waals surface area contributed by atoms with Crippen LogP contribution < -0.4 is 0 Å². The zero-order valence-electron chi connectivity index (χ0n) is 6.75. The highest BCUT2D eigenvalue weighted by Gasteiger charge is 2.37. The predicted molar refractivity (Wildman–Crippen MR) is 46.0 cm³/mol. The number of rotatable bonds is 0. The van der Waals surface area contributed by atoms with Crippen molar-refractivity contribution in [3.8, 4) is 0 Å². The number of carbonyl (C=O) groups excluding carboxylic acids is 1. The zero-order chi connectivity index (χ0) is 7.14. The van der Waals surface area contributed by atoms with Crippen LogP contribution in [0.5, 0.6) is 0 Å². The summed E-state index contributed by atoms with van der Waals surface area (Å²) >= 11 is 0. The van der Waals surface area contributed by atoms with Gasteiger partial charge in [0.25, 0.3) is 0 Å². The third-order valence-electron chi connectivity index (χ3n) is 2.89. The number of Topliss-reactive ketones (excluding diaryl/α,β-unsaturated/α-hetero) is 1. The molecule has 0 aliphatic carbocycles. The van der Waals surface area contributed by atoms with Crippen molar-refractivity contribution in [1.29, 1.82) is 0 Å². The number of hydrogen-bond donors (Lipinski definition) is 0. The van der Waals surface area contributed by atoms with Gasteiger partial charge < -0.3 is 0 Å². The molecule has 3 fully saturated rings. The van der Waals surface area contributed by atoms with E-state index in [9.17, 15) is 4.79 Å². The molecule has 0 radical (unpaired) electrons. The first-order valence-electron chi connectivity index (χ1n) is 4.07. The van der Waals surface area contributed by atoms with Gasteiger partial charge in [0.05, 0.1) is 6.04 Å². The molecule has 3 aliphatic rings. The molecule has 11 heavy (non-hydrogen) atoms. The summed E-state index contributed by atoms with van der Waals surface area (Å²) in [5, 5.41) is 0. The van der Waals surface area contributed by atoms with Crippen LogP contribution in [0.1, 0.15) is 19.8 Å². The molecule has 3 heteroatoms. The van der Waals surface area contributed by atoms with Gasteiger partial charge in [-0.15, -0.1) is 12.4 Å². The molecule has 0 saturated carbocycles. The summed E-state index contributed by atoms with van der Waals surface area (Å²) in [5.41, 5.74) is 0. The van der Waals surface area contributed by atoms with Crippen LogP contribution >= 0.6 is 12.4 Å². The molecule has 0 aromatic rings. The van der Waals surface area contributed by atoms with Crippen LogP contribution in [0.25, 0.3) is 0 Å². The van der Waals surface area contributed by atoms with Gasteiger partial charge in [0.15, 0.2) is 5.78 Å². The van der Waals surface area contributed by atoms with Gasteiger partial charge in [0, 0.05) is 5.92 Å². The molecular weight excluding hydrogens is 162 g/mol. The van der Waals surface area contributed by atoms with Crippen LogP contribution in [0.3, 0.4) is 0 Å². The van der Waals surface area contributed by atoms with Gasteiger partial charge in [-0.3, -0.25) is 9.69 Å². The molecule has 0 aromatic carbocycles. The topological polar surface area (TPSA) is 20.3 Å². The van der Waals surface area contributed by atoms with Crippen molar-refractivity contribution < 1.29 is 4.79 Å². The van der Waals surface area contributed by atoms with E-state index >= 15 is 0 Å². The number of ketones is 1. The average Bonchev–Trinajstić information content (AvgIpc) is 2.00. The normalized spacial score (nSPS) is 41.9. The van der Waals surface area contributed by atoms with E-state index in [0.717, 1.165) is 25.9 Å². The van der Waals surface area contributed by atoms with E-state index < -0.39 is 0 Å². The average molecular weight is 176 g/mol. The predicted octanol–water partition coefficient (Wildman–Crippen LogP) is 1.09. The lowest BCUT2D eigenvalue weighted by Gasteiger charge is -2.42. The minimum absolute atomic E-state index is 0. The monoisotopic (exact) mass is 175 g/mol. The number of nitrogens with zero attached hydrogens (tertiary/aromatic N) is 1. The Morgan fingerprint density at radius 1 is 1.36 bits per heavy atom. The molecule has 0 amide bonds. The Labute approximate surface area is 73.4 Å². The smallest absolute Gasteiger partial charge is 0.152 e. The molecule has 3 aliphatic heterocycles. The van der Waals surface area contributed by atoms with Crippen molar-refractivity contribution in [2.24, 2.45) is 5.92 Å². The molecule has 0 N–H and O–H groups in total. The van der Waals surface area contributed by atoms with E-state index in [1.54, 1.807) is 0 Å². The van der Waals surface area contributed by atoms with Crippen molar-refractivity contribution in [3.63, 3.8) is 0 Å². The SMILES string of the molecule is CC1C(=O)C2CCN1CC2.Cl. The fraction of sp³-hybridized carbons (Fsp3) is 0.875. The van der Waals surface area contributed by atoms with Crippen LogP contribution in [0.15, 0.2) is 0 Å². The van der Waals surface area contributed by atoms with E-state index in [1.165, 1.54) is 0 Å². The van der Waals surface area contributed by atoms with Gasteiger partial charge >= 0.3 is 0 Å². The first-order chi connectivity index (χ1) is 4.79. The first-order valence-corrected chi connectivity index (χ1v) is 4.07. The van der Waals surface area contributed by atoms with Crippen LogP contribution in [0.4, 0.5) is 0 Å². The minimum Gasteiger partial charge on any atom is -0.298 e. The Morgan fingerprint density at radius 2 is 1.91 bits per heavy atom. The Hall–Kier alpha value is -0.0800. The van der Waals surface area contributed by atoms with Crippen molar-refractivity contribution in [1.82, 2.24) is 4.90 Å². The van der Waals surface area contributed by atoms with Gasteiger partial charge in [-0.25, -0.2) is 0 Å². The fourth-order valence-electron chi connectivity index (χ4n) is 2.09. The molecule has 2 nitrogen and oxygen atoms in total. The molecule has 64 valence electrons. The highest BCUT2D eigenvalue weighted by molar-refractivity contribution is 5.87. The number of carbonyl (C=O) groups is 1. The van der Waals surface area contributed by atoms with Crippen molar-refractivity contribution in [3.05, 3.63) is 0 Å². The quantitative estimate of drug-likeness (QED) is 0.550. The van der Waals surface area contributed by atoms with E-state index in [-0.39, 0.29) is 18.4 Å². The maximum atomic E-state index is 11.3. The maximum absolute atomic E-state index is 11.3. The van der Waals surface area contributed by atoms with Crippen molar-refractivity contribution >= 4 is 18.2 Å². The molecule has 3 rings (SSSR count). The third-order valence-corrected chi connectivity index (χ3v) is 2.89. The lowest BCUT2D eigenvalue weighted by molar-refractivity contribution is -0.135. The maximum Gasteiger partial charge on any atom is 0.152 e. The first kappa shape index (κ1) is 9.01. The highest BCUT2D eigenvalue weighted by Crippen LogP contribution is 2.28. The van der Waals surface area contributed by atoms with Gasteiger partial charge in [-0.2, -0.15) is 0 Å². The molecule has 1 unspecified atom stereocenters. The third kappa shape index (κ3) is 1.30. The minimum atomic E-state index is 0. The standard InChI is InChI=1S/C8H13NO.ClH/c1-6-8(10)7-2-4-9(6)5-3-7;/h6-7H,2-5H2,1H3;1H. The van der Waals surface area contributed by atoms with Gasteiger partial charge in [-0.05, 0) is 32.9 Å². The summed E-state index contributed by atoms with van der Waals surface area (Å²) in [6.45, 7) is 4.34.